The molecule has 4 aromatic rings. The third kappa shape index (κ3) is 11.5. The molecule has 2 heterocycles. The van der Waals surface area contributed by atoms with Crippen molar-refractivity contribution in [3.63, 3.8) is 0 Å². The molecule has 4 aliphatic rings. The molecule has 0 spiro atoms. The topological polar surface area (TPSA) is 268 Å². The summed E-state index contributed by atoms with van der Waals surface area (Å²) in [6.07, 6.45) is -11.0. The van der Waals surface area contributed by atoms with Gasteiger partial charge in [-0.25, -0.2) is 9.59 Å². The van der Waals surface area contributed by atoms with Crippen LogP contribution in [0.25, 0.3) is 0 Å². The molecular weight excluding hydrogens is 1070 g/mol. The van der Waals surface area contributed by atoms with Crippen molar-refractivity contribution >= 4 is 23.5 Å². The fourth-order valence-electron chi connectivity index (χ4n) is 11.4. The van der Waals surface area contributed by atoms with Crippen LogP contribution in [0, 0.1) is 10.1 Å². The Hall–Kier alpha value is -6.84. The second-order valence-electron chi connectivity index (χ2n) is 19.5. The van der Waals surface area contributed by atoms with Crippen molar-refractivity contribution in [2.24, 2.45) is 0 Å². The molecular formula is C57H67NO23. The van der Waals surface area contributed by atoms with Crippen molar-refractivity contribution in [1.29, 1.82) is 0 Å². The summed E-state index contributed by atoms with van der Waals surface area (Å²) in [6.45, 7) is 4.65. The maximum Gasteiger partial charge on any atom is 0.340 e. The Labute approximate surface area is 467 Å². The Morgan fingerprint density at radius 1 is 0.519 bits per heavy atom. The summed E-state index contributed by atoms with van der Waals surface area (Å²) in [5, 5.41) is 10.2. The summed E-state index contributed by atoms with van der Waals surface area (Å²) in [5.74, 6) is -5.42. The van der Waals surface area contributed by atoms with E-state index in [2.05, 4.69) is 4.84 Å². The lowest BCUT2D eigenvalue weighted by Gasteiger charge is -2.45. The number of carbonyl (C=O) groups is 4. The van der Waals surface area contributed by atoms with Crippen LogP contribution in [0.3, 0.4) is 0 Å². The molecule has 0 saturated carbocycles. The lowest BCUT2D eigenvalue weighted by atomic mass is 9.63. The van der Waals surface area contributed by atoms with Crippen LogP contribution in [0.2, 0.25) is 0 Å². The number of nitrogens with zero attached hydrogens (tertiary/aromatic N) is 1. The van der Waals surface area contributed by atoms with Gasteiger partial charge in [0.2, 0.25) is 30.4 Å². The van der Waals surface area contributed by atoms with Gasteiger partial charge in [0.15, 0.2) is 0 Å². The predicted octanol–water partition coefficient (Wildman–Crippen LogP) is 5.62. The third-order valence-corrected chi connectivity index (χ3v) is 14.7. The molecule has 2 fully saturated rings. The number of methoxy groups -OCH3 is 10. The number of ketones is 2. The summed E-state index contributed by atoms with van der Waals surface area (Å²) < 4.78 is 96.2. The fourth-order valence-corrected chi connectivity index (χ4v) is 11.4. The van der Waals surface area contributed by atoms with Gasteiger partial charge in [0.1, 0.15) is 71.8 Å². The van der Waals surface area contributed by atoms with Gasteiger partial charge in [-0.3, -0.25) is 14.4 Å². The molecule has 2 aliphatic carbocycles. The van der Waals surface area contributed by atoms with Gasteiger partial charge in [-0.15, -0.1) is 10.1 Å². The van der Waals surface area contributed by atoms with Gasteiger partial charge in [0.05, 0.1) is 66.9 Å². The molecule has 438 valence electrons. The Morgan fingerprint density at radius 3 is 1.25 bits per heavy atom. The number of fused-ring (bicyclic) bond motifs is 4. The van der Waals surface area contributed by atoms with Crippen LogP contribution in [0.15, 0.2) is 60.7 Å². The molecule has 1 unspecified atom stereocenters. The molecule has 24 nitrogen and oxygen atoms in total. The Morgan fingerprint density at radius 2 is 0.901 bits per heavy atom. The average molecular weight is 1130 g/mol. The molecule has 8 rings (SSSR count). The molecule has 81 heavy (non-hydrogen) atoms. The highest BCUT2D eigenvalue weighted by Crippen LogP contribution is 2.57. The van der Waals surface area contributed by atoms with E-state index >= 15 is 9.59 Å². The number of hydrogen-bond acceptors (Lipinski definition) is 23. The highest BCUT2D eigenvalue weighted by molar-refractivity contribution is 6.18. The largest absolute Gasteiger partial charge is 0.496 e. The Balaban J connectivity index is 1.42. The molecule has 13 atom stereocenters. The molecule has 0 radical (unpaired) electrons. The van der Waals surface area contributed by atoms with Crippen molar-refractivity contribution in [3.05, 3.63) is 126 Å². The zero-order chi connectivity index (χ0) is 58.6. The smallest absolute Gasteiger partial charge is 0.340 e. The fraction of sp³-hybridized carbons (Fsp3) is 0.509. The minimum atomic E-state index is -1.67. The van der Waals surface area contributed by atoms with E-state index in [1.54, 1.807) is 50.2 Å². The maximum atomic E-state index is 15.8. The van der Waals surface area contributed by atoms with E-state index in [0.717, 1.165) is 6.92 Å². The van der Waals surface area contributed by atoms with E-state index in [1.165, 1.54) is 95.4 Å². The second-order valence-corrected chi connectivity index (χ2v) is 19.5. The van der Waals surface area contributed by atoms with Crippen LogP contribution in [0.5, 0.6) is 23.0 Å². The summed E-state index contributed by atoms with van der Waals surface area (Å²) in [7, 11) is 14.5. The van der Waals surface area contributed by atoms with Gasteiger partial charge in [-0.1, -0.05) is 24.3 Å². The maximum absolute atomic E-state index is 15.8. The van der Waals surface area contributed by atoms with Gasteiger partial charge in [0, 0.05) is 68.7 Å². The summed E-state index contributed by atoms with van der Waals surface area (Å²) in [4.78, 5) is 75.6. The predicted molar refractivity (Wildman–Crippen MR) is 280 cm³/mol. The molecule has 0 bridgehead atoms. The zero-order valence-corrected chi connectivity index (χ0v) is 47.1. The number of esters is 2. The highest BCUT2D eigenvalue weighted by atomic mass is 17.0. The first-order chi connectivity index (χ1) is 39.0. The molecule has 0 aromatic heterocycles. The lowest BCUT2D eigenvalue weighted by Crippen LogP contribution is -2.62. The van der Waals surface area contributed by atoms with Crippen molar-refractivity contribution in [1.82, 2.24) is 0 Å². The first kappa shape index (κ1) is 60.3. The second kappa shape index (κ2) is 26.0. The molecule has 2 saturated heterocycles. The highest BCUT2D eigenvalue weighted by Gasteiger charge is 2.52. The van der Waals surface area contributed by atoms with Gasteiger partial charge >= 0.3 is 11.9 Å². The number of ether oxygens (including phenoxy) is 16. The van der Waals surface area contributed by atoms with Gasteiger partial charge in [0.25, 0.3) is 5.09 Å². The third-order valence-electron chi connectivity index (χ3n) is 14.7. The molecule has 0 N–H and O–H groups in total. The number of carbonyl (C=O) groups excluding carboxylic acids is 4. The standard InChI is InChI=1S/C57H67NO23/c1-26(2)75-54(61)28-20-32-40(30-16-14-18-34(42(30)46(59)44(32)36(22-28)67-6)77-56-52(73-12)50(71-10)48(69-8)38(79-56)24-65-4)41-31-17-15-19-35(78-57-53(74-13)51(72-11)49(70-9)39(80-57)25-66-5)43(31)47(60)45-33(41)21-29(23-37(45)68-7)55(62)76-27(3)81-58(63)64/h14-23,26-27,38-41,48-53,56-57H,24-25H2,1-13H3/t27?,38-,39+,40+,41+,48-,49+,50+,51-,52-,53+,56-,57+/m0/s1. The van der Waals surface area contributed by atoms with E-state index in [-0.39, 0.29) is 80.7 Å². The Bertz CT molecular complexity index is 2960. The Kier molecular flexibility index (Phi) is 19.3. The van der Waals surface area contributed by atoms with Crippen LogP contribution in [-0.2, 0) is 61.7 Å². The van der Waals surface area contributed by atoms with Gasteiger partial charge in [-0.05, 0) is 79.4 Å². The van der Waals surface area contributed by atoms with E-state index in [9.17, 15) is 19.7 Å². The number of rotatable bonds is 23. The number of hydrogen-bond donors (Lipinski definition) is 0. The SMILES string of the molecule is COC[C@@H]1O[C@H](Oc2cccc3c2C(=O)c2c(OC)cc(C(=O)OC(C)C)cc2[C@@H]3[C@H]2c3cc(C(=O)OC(C)O[N+](=O)[O-])cc(OC)c3C(=O)c3c(O[C@@H]4O[C@H](COC)[C@@H](OC)[C@H](OC)[C@H]4OC)cccc32)[C@@H](OC)[C@H](OC)[C@H]1OC. The molecule has 4 aromatic carbocycles. The quantitative estimate of drug-likeness (QED) is 0.0377. The minimum Gasteiger partial charge on any atom is -0.496 e. The normalized spacial score (nSPS) is 26.0. The minimum absolute atomic E-state index is 0.00759. The molecule has 0 amide bonds. The van der Waals surface area contributed by atoms with E-state index < -0.39 is 114 Å². The first-order valence-electron chi connectivity index (χ1n) is 25.8. The van der Waals surface area contributed by atoms with E-state index in [4.69, 9.17) is 75.8 Å². The average Bonchev–Trinajstić information content (AvgIpc) is 3.54. The summed E-state index contributed by atoms with van der Waals surface area (Å²) in [6, 6.07) is 15.5. The van der Waals surface area contributed by atoms with Crippen LogP contribution in [0.4, 0.5) is 0 Å². The van der Waals surface area contributed by atoms with Crippen LogP contribution < -0.4 is 18.9 Å². The summed E-state index contributed by atoms with van der Waals surface area (Å²) in [5.41, 5.74) is 0.804. The van der Waals surface area contributed by atoms with E-state index in [0.29, 0.717) is 11.1 Å². The van der Waals surface area contributed by atoms with Crippen molar-refractivity contribution in [2.75, 3.05) is 84.3 Å². The van der Waals surface area contributed by atoms with Crippen LogP contribution >= 0.6 is 0 Å². The summed E-state index contributed by atoms with van der Waals surface area (Å²) >= 11 is 0. The van der Waals surface area contributed by atoms with E-state index in [1.807, 2.05) is 0 Å². The zero-order valence-electron chi connectivity index (χ0n) is 47.1. The number of benzene rings is 4. The van der Waals surface area contributed by atoms with Crippen molar-refractivity contribution < 1.29 is 105 Å². The van der Waals surface area contributed by atoms with Gasteiger partial charge in [-0.2, -0.15) is 0 Å². The first-order valence-corrected chi connectivity index (χ1v) is 25.8. The van der Waals surface area contributed by atoms with Crippen LogP contribution in [0.1, 0.15) is 107 Å². The molecule has 24 heteroatoms. The molecule has 2 aliphatic heterocycles. The van der Waals surface area contributed by atoms with Crippen molar-refractivity contribution in [3.8, 4) is 23.0 Å². The van der Waals surface area contributed by atoms with Crippen molar-refractivity contribution in [2.45, 2.75) is 106 Å². The monoisotopic (exact) mass is 1130 g/mol. The lowest BCUT2D eigenvalue weighted by molar-refractivity contribution is -0.777. The van der Waals surface area contributed by atoms with Crippen LogP contribution in [-0.4, -0.2) is 187 Å². The van der Waals surface area contributed by atoms with Gasteiger partial charge < -0.3 is 75.8 Å².